The van der Waals surface area contributed by atoms with Gasteiger partial charge in [-0.25, -0.2) is 9.18 Å². The zero-order valence-electron chi connectivity index (χ0n) is 10.5. The molecule has 20 heavy (non-hydrogen) atoms. The van der Waals surface area contributed by atoms with Crippen molar-refractivity contribution in [1.29, 1.82) is 0 Å². The zero-order chi connectivity index (χ0) is 14.5. The van der Waals surface area contributed by atoms with Crippen molar-refractivity contribution in [3.63, 3.8) is 0 Å². The number of carboxylic acid groups (broad SMARTS) is 1. The number of hydrogen-bond donors (Lipinski definition) is 2. The average molecular weight is 296 g/mol. The third kappa shape index (κ3) is 3.28. The van der Waals surface area contributed by atoms with Crippen LogP contribution in [-0.4, -0.2) is 46.6 Å². The predicted octanol–water partition coefficient (Wildman–Crippen LogP) is 2.00. The van der Waals surface area contributed by atoms with E-state index in [4.69, 9.17) is 5.11 Å². The van der Waals surface area contributed by atoms with Crippen molar-refractivity contribution in [2.24, 2.45) is 4.99 Å². The van der Waals surface area contributed by atoms with Crippen molar-refractivity contribution in [3.8, 4) is 0 Å². The molecule has 1 aliphatic heterocycles. The minimum atomic E-state index is -1.23. The molecule has 2 N–H and O–H groups in total. The van der Waals surface area contributed by atoms with Gasteiger partial charge in [0, 0.05) is 19.3 Å². The molecular weight excluding hydrogens is 283 g/mol. The largest absolute Gasteiger partial charge is 0.465 e. The molecular formula is C12H13FN4O2S. The van der Waals surface area contributed by atoms with Crippen LogP contribution in [0, 0.1) is 0 Å². The maximum atomic E-state index is 13.7. The molecule has 8 heteroatoms. The molecule has 2 unspecified atom stereocenters. The summed E-state index contributed by atoms with van der Waals surface area (Å²) in [6.07, 6.45) is 0.955. The van der Waals surface area contributed by atoms with Gasteiger partial charge >= 0.3 is 6.09 Å². The van der Waals surface area contributed by atoms with Crippen LogP contribution in [0.25, 0.3) is 0 Å². The topological polar surface area (TPSA) is 77.8 Å². The number of piperidine rings is 1. The van der Waals surface area contributed by atoms with Crippen molar-refractivity contribution in [3.05, 3.63) is 18.5 Å². The lowest BCUT2D eigenvalue weighted by atomic mass is 10.0. The van der Waals surface area contributed by atoms with Gasteiger partial charge in [-0.05, 0) is 24.7 Å². The molecule has 1 amide bonds. The Labute approximate surface area is 120 Å². The fraction of sp³-hybridized carbons (Fsp3) is 0.417. The number of nitrogens with one attached hydrogen (secondary N) is 1. The molecule has 2 heterocycles. The summed E-state index contributed by atoms with van der Waals surface area (Å²) in [5, 5.41) is 13.2. The summed E-state index contributed by atoms with van der Waals surface area (Å²) in [6.45, 7) is 0.709. The predicted molar refractivity (Wildman–Crippen MR) is 75.6 cm³/mol. The second-order valence-corrected chi connectivity index (χ2v) is 4.56. The number of halogens is 1. The van der Waals surface area contributed by atoms with E-state index in [1.807, 2.05) is 4.90 Å². The number of rotatable bonds is 3. The number of pyridine rings is 1. The Morgan fingerprint density at radius 2 is 2.50 bits per heavy atom. The molecule has 1 aromatic rings. The van der Waals surface area contributed by atoms with Crippen LogP contribution >= 0.6 is 12.2 Å². The smallest absolute Gasteiger partial charge is 0.405 e. The van der Waals surface area contributed by atoms with Crippen LogP contribution < -0.4 is 10.2 Å². The number of carbonyl (C=O) groups is 1. The van der Waals surface area contributed by atoms with Gasteiger partial charge < -0.3 is 15.3 Å². The van der Waals surface area contributed by atoms with Gasteiger partial charge in [-0.1, -0.05) is 0 Å². The SMILES string of the molecule is O=C(O)NC1CN(c2ccncc2N=C=S)CCC1F. The molecule has 2 atom stereocenters. The summed E-state index contributed by atoms with van der Waals surface area (Å²) >= 11 is 4.58. The highest BCUT2D eigenvalue weighted by molar-refractivity contribution is 7.78. The molecule has 1 fully saturated rings. The molecule has 2 rings (SSSR count). The Bertz CT molecular complexity index is 550. The van der Waals surface area contributed by atoms with E-state index in [2.05, 4.69) is 32.7 Å². The van der Waals surface area contributed by atoms with Crippen molar-refractivity contribution >= 4 is 34.8 Å². The van der Waals surface area contributed by atoms with E-state index in [1.165, 1.54) is 6.20 Å². The van der Waals surface area contributed by atoms with Gasteiger partial charge in [0.2, 0.25) is 0 Å². The highest BCUT2D eigenvalue weighted by atomic mass is 32.1. The van der Waals surface area contributed by atoms with Crippen molar-refractivity contribution in [2.75, 3.05) is 18.0 Å². The van der Waals surface area contributed by atoms with Crippen molar-refractivity contribution in [1.82, 2.24) is 10.3 Å². The molecule has 106 valence electrons. The van der Waals surface area contributed by atoms with Crippen LogP contribution in [0.2, 0.25) is 0 Å². The van der Waals surface area contributed by atoms with Crippen LogP contribution in [0.4, 0.5) is 20.6 Å². The van der Waals surface area contributed by atoms with E-state index in [9.17, 15) is 9.18 Å². The average Bonchev–Trinajstić information content (AvgIpc) is 2.42. The molecule has 0 aromatic carbocycles. The first-order valence-corrected chi connectivity index (χ1v) is 6.43. The lowest BCUT2D eigenvalue weighted by Crippen LogP contribution is -2.53. The van der Waals surface area contributed by atoms with Gasteiger partial charge in [0.05, 0.1) is 23.1 Å². The van der Waals surface area contributed by atoms with Gasteiger partial charge in [0.15, 0.2) is 0 Å². The van der Waals surface area contributed by atoms with Crippen LogP contribution in [0.15, 0.2) is 23.5 Å². The Hall–Kier alpha value is -2.05. The van der Waals surface area contributed by atoms with Crippen LogP contribution in [-0.2, 0) is 0 Å². The molecule has 1 aromatic heterocycles. The normalized spacial score (nSPS) is 21.9. The quantitative estimate of drug-likeness (QED) is 0.659. The number of thiocarbonyl (C=S) groups is 1. The van der Waals surface area contributed by atoms with E-state index in [0.29, 0.717) is 12.2 Å². The molecule has 0 saturated carbocycles. The molecule has 0 aliphatic carbocycles. The zero-order valence-corrected chi connectivity index (χ0v) is 11.3. The van der Waals surface area contributed by atoms with E-state index < -0.39 is 18.3 Å². The van der Waals surface area contributed by atoms with Crippen LogP contribution in [0.3, 0.4) is 0 Å². The van der Waals surface area contributed by atoms with E-state index >= 15 is 0 Å². The highest BCUT2D eigenvalue weighted by Crippen LogP contribution is 2.30. The van der Waals surface area contributed by atoms with Gasteiger partial charge in [-0.3, -0.25) is 4.98 Å². The number of aromatic nitrogens is 1. The van der Waals surface area contributed by atoms with Gasteiger partial charge in [0.1, 0.15) is 11.9 Å². The molecule has 0 bridgehead atoms. The summed E-state index contributed by atoms with van der Waals surface area (Å²) in [4.78, 5) is 20.4. The fourth-order valence-corrected chi connectivity index (χ4v) is 2.32. The molecule has 1 aliphatic rings. The van der Waals surface area contributed by atoms with Crippen LogP contribution in [0.5, 0.6) is 0 Å². The standard InChI is InChI=1S/C12H13FN4O2S/c13-8-2-4-17(6-10(8)16-12(18)19)11-1-3-14-5-9(11)15-7-20/h1,3,5,8,10,16H,2,4,6H2,(H,18,19). The molecule has 0 radical (unpaired) electrons. The third-order valence-corrected chi connectivity index (χ3v) is 3.21. The maximum absolute atomic E-state index is 13.7. The summed E-state index contributed by atoms with van der Waals surface area (Å²) in [5.74, 6) is 0. The van der Waals surface area contributed by atoms with E-state index in [-0.39, 0.29) is 13.0 Å². The van der Waals surface area contributed by atoms with Gasteiger partial charge in [0.25, 0.3) is 0 Å². The fourth-order valence-electron chi connectivity index (χ4n) is 2.22. The number of alkyl halides is 1. The number of isothiocyanates is 1. The van der Waals surface area contributed by atoms with Gasteiger partial charge in [-0.15, -0.1) is 0 Å². The number of aliphatic imine (C=N–C) groups is 1. The number of anilines is 1. The molecule has 0 spiro atoms. The first-order valence-electron chi connectivity index (χ1n) is 6.02. The lowest BCUT2D eigenvalue weighted by Gasteiger charge is -2.36. The number of hydrogen-bond acceptors (Lipinski definition) is 5. The van der Waals surface area contributed by atoms with E-state index in [0.717, 1.165) is 5.69 Å². The first-order chi connectivity index (χ1) is 9.61. The Balaban J connectivity index is 2.21. The number of amides is 1. The minimum Gasteiger partial charge on any atom is -0.465 e. The first kappa shape index (κ1) is 14.4. The third-order valence-electron chi connectivity index (χ3n) is 3.12. The van der Waals surface area contributed by atoms with Crippen molar-refractivity contribution < 1.29 is 14.3 Å². The second kappa shape index (κ2) is 6.40. The lowest BCUT2D eigenvalue weighted by molar-refractivity contribution is 0.167. The highest BCUT2D eigenvalue weighted by Gasteiger charge is 2.31. The monoisotopic (exact) mass is 296 g/mol. The summed E-state index contributed by atoms with van der Waals surface area (Å²) in [5.41, 5.74) is 1.27. The summed E-state index contributed by atoms with van der Waals surface area (Å²) in [7, 11) is 0. The summed E-state index contributed by atoms with van der Waals surface area (Å²) < 4.78 is 13.7. The Morgan fingerprint density at radius 1 is 1.70 bits per heavy atom. The van der Waals surface area contributed by atoms with Crippen LogP contribution in [0.1, 0.15) is 6.42 Å². The second-order valence-electron chi connectivity index (χ2n) is 4.37. The molecule has 1 saturated heterocycles. The Morgan fingerprint density at radius 3 is 3.20 bits per heavy atom. The van der Waals surface area contributed by atoms with Gasteiger partial charge in [-0.2, -0.15) is 4.99 Å². The van der Waals surface area contributed by atoms with Crippen molar-refractivity contribution in [2.45, 2.75) is 18.6 Å². The molecule has 6 nitrogen and oxygen atoms in total. The minimum absolute atomic E-state index is 0.234. The number of nitrogens with zero attached hydrogens (tertiary/aromatic N) is 3. The Kier molecular flexibility index (Phi) is 4.60. The van der Waals surface area contributed by atoms with E-state index in [1.54, 1.807) is 12.3 Å². The summed E-state index contributed by atoms with van der Waals surface area (Å²) in [6, 6.07) is 0.973. The maximum Gasteiger partial charge on any atom is 0.405 e.